The van der Waals surface area contributed by atoms with Crippen LogP contribution in [0.5, 0.6) is 0 Å². The number of carbonyl (C=O) groups is 1. The lowest BCUT2D eigenvalue weighted by Crippen LogP contribution is -2.29. The Balaban J connectivity index is 1.50. The largest absolute Gasteiger partial charge is 0.393 e. The number of anilines is 4. The molecule has 1 aliphatic carbocycles. The Morgan fingerprint density at radius 1 is 1.11 bits per heavy atom. The smallest absolute Gasteiger partial charge is 0.276 e. The van der Waals surface area contributed by atoms with Crippen LogP contribution in [0, 0.1) is 6.92 Å². The summed E-state index contributed by atoms with van der Waals surface area (Å²) in [5, 5.41) is 28.8. The van der Waals surface area contributed by atoms with Gasteiger partial charge in [0, 0.05) is 42.8 Å². The number of rotatable bonds is 6. The summed E-state index contributed by atoms with van der Waals surface area (Å²) in [5.74, 6) is 0.864. The van der Waals surface area contributed by atoms with E-state index >= 15 is 0 Å². The predicted octanol–water partition coefficient (Wildman–Crippen LogP) is 3.53. The summed E-state index contributed by atoms with van der Waals surface area (Å²) in [6, 6.07) is 7.18. The highest BCUT2D eigenvalue weighted by Gasteiger charge is 2.22. The SMILES string of the molecule is Cc1cc(Nc2cc(NC3CCC(O)CC3)nn3c(C(=O)Nc4ccnc(Cl)c4)cnc23)nn1C. The first-order valence-corrected chi connectivity index (χ1v) is 11.8. The highest BCUT2D eigenvalue weighted by Crippen LogP contribution is 2.27. The maximum Gasteiger partial charge on any atom is 0.276 e. The summed E-state index contributed by atoms with van der Waals surface area (Å²) in [7, 11) is 1.87. The molecule has 12 heteroatoms. The van der Waals surface area contributed by atoms with Crippen LogP contribution in [-0.2, 0) is 7.05 Å². The molecule has 1 aliphatic rings. The molecule has 5 rings (SSSR count). The molecule has 0 spiro atoms. The minimum absolute atomic E-state index is 0.174. The molecule has 1 amide bonds. The second-order valence-electron chi connectivity index (χ2n) is 8.71. The molecule has 0 bridgehead atoms. The number of nitrogens with one attached hydrogen (secondary N) is 3. The molecule has 0 atom stereocenters. The van der Waals surface area contributed by atoms with Gasteiger partial charge in [-0.1, -0.05) is 11.6 Å². The van der Waals surface area contributed by atoms with Crippen LogP contribution in [0.4, 0.5) is 23.0 Å². The van der Waals surface area contributed by atoms with Crippen molar-refractivity contribution in [3.8, 4) is 0 Å². The third-order valence-corrected chi connectivity index (χ3v) is 6.32. The van der Waals surface area contributed by atoms with Crippen LogP contribution >= 0.6 is 11.6 Å². The van der Waals surface area contributed by atoms with E-state index in [1.54, 1.807) is 16.8 Å². The van der Waals surface area contributed by atoms with Gasteiger partial charge in [-0.2, -0.15) is 5.10 Å². The van der Waals surface area contributed by atoms with E-state index in [1.165, 1.54) is 16.9 Å². The molecule has 4 N–H and O–H groups in total. The van der Waals surface area contributed by atoms with Crippen LogP contribution in [0.15, 0.2) is 36.7 Å². The Kier molecular flexibility index (Phi) is 6.27. The molecule has 0 radical (unpaired) electrons. The lowest BCUT2D eigenvalue weighted by Gasteiger charge is -2.26. The predicted molar refractivity (Wildman–Crippen MR) is 133 cm³/mol. The van der Waals surface area contributed by atoms with E-state index in [2.05, 4.69) is 36.1 Å². The van der Waals surface area contributed by atoms with Crippen LogP contribution in [-0.4, -0.2) is 52.5 Å². The van der Waals surface area contributed by atoms with E-state index < -0.39 is 0 Å². The van der Waals surface area contributed by atoms with Crippen LogP contribution in [0.2, 0.25) is 5.15 Å². The number of nitrogens with zero attached hydrogens (tertiary/aromatic N) is 6. The van der Waals surface area contributed by atoms with Crippen LogP contribution in [0.3, 0.4) is 0 Å². The summed E-state index contributed by atoms with van der Waals surface area (Å²) >= 11 is 5.95. The molecule has 11 nitrogen and oxygen atoms in total. The zero-order valence-corrected chi connectivity index (χ0v) is 20.1. The molecule has 0 aromatic carbocycles. The number of imidazole rings is 1. The molecule has 4 heterocycles. The second kappa shape index (κ2) is 9.51. The van der Waals surface area contributed by atoms with Gasteiger partial charge < -0.3 is 21.1 Å². The lowest BCUT2D eigenvalue weighted by molar-refractivity contribution is 0.102. The summed E-state index contributed by atoms with van der Waals surface area (Å²) in [6.07, 6.45) is 5.91. The van der Waals surface area contributed by atoms with Gasteiger partial charge in [-0.15, -0.1) is 5.10 Å². The van der Waals surface area contributed by atoms with Gasteiger partial charge in [0.1, 0.15) is 11.0 Å². The van der Waals surface area contributed by atoms with Crippen molar-refractivity contribution in [1.82, 2.24) is 29.4 Å². The van der Waals surface area contributed by atoms with Gasteiger partial charge >= 0.3 is 0 Å². The van der Waals surface area contributed by atoms with Gasteiger partial charge in [-0.05, 0) is 44.7 Å². The lowest BCUT2D eigenvalue weighted by atomic mass is 9.93. The molecule has 182 valence electrons. The van der Waals surface area contributed by atoms with Gasteiger partial charge in [0.15, 0.2) is 17.2 Å². The standard InChI is InChI=1S/C23H26ClN9O2/c1-13-9-20(30-32(13)2)29-17-11-21(27-14-3-5-16(34)6-4-14)31-33-18(12-26-22(17)33)23(35)28-15-7-8-25-19(24)10-15/h7-12,14,16,34H,3-6H2,1-2H3,(H,27,31)(H,29,30)(H,25,28,35). The molecular weight excluding hydrogens is 470 g/mol. The van der Waals surface area contributed by atoms with Gasteiger partial charge in [0.25, 0.3) is 5.91 Å². The van der Waals surface area contributed by atoms with Gasteiger partial charge in [-0.25, -0.2) is 14.5 Å². The first-order valence-electron chi connectivity index (χ1n) is 11.4. The molecule has 0 unspecified atom stereocenters. The number of hydrogen-bond donors (Lipinski definition) is 4. The molecule has 4 aromatic rings. The maximum absolute atomic E-state index is 13.1. The number of aliphatic hydroxyl groups is 1. The number of aryl methyl sites for hydroxylation is 2. The Hall–Kier alpha value is -3.70. The average molecular weight is 496 g/mol. The van der Waals surface area contributed by atoms with Crippen molar-refractivity contribution in [2.24, 2.45) is 7.05 Å². The number of halogens is 1. The highest BCUT2D eigenvalue weighted by molar-refractivity contribution is 6.29. The fourth-order valence-electron chi connectivity index (χ4n) is 4.15. The topological polar surface area (TPSA) is 134 Å². The first-order chi connectivity index (χ1) is 16.9. The number of aromatic nitrogens is 6. The van der Waals surface area contributed by atoms with Crippen LogP contribution < -0.4 is 16.0 Å². The van der Waals surface area contributed by atoms with Gasteiger partial charge in [0.05, 0.1) is 18.0 Å². The molecule has 0 aliphatic heterocycles. The van der Waals surface area contributed by atoms with Crippen molar-refractivity contribution in [2.45, 2.75) is 44.8 Å². The zero-order valence-electron chi connectivity index (χ0n) is 19.4. The Bertz CT molecular complexity index is 1360. The molecule has 1 saturated carbocycles. The molecule has 35 heavy (non-hydrogen) atoms. The van der Waals surface area contributed by atoms with Gasteiger partial charge in [0.2, 0.25) is 0 Å². The summed E-state index contributed by atoms with van der Waals surface area (Å²) in [5.41, 5.74) is 2.91. The van der Waals surface area contributed by atoms with Crippen molar-refractivity contribution in [2.75, 3.05) is 16.0 Å². The quantitative estimate of drug-likeness (QED) is 0.298. The third-order valence-electron chi connectivity index (χ3n) is 6.11. The van der Waals surface area contributed by atoms with Crippen LogP contribution in [0.25, 0.3) is 5.65 Å². The number of amides is 1. The van der Waals surface area contributed by atoms with E-state index in [0.29, 0.717) is 28.7 Å². The van der Waals surface area contributed by atoms with E-state index in [1.807, 2.05) is 26.1 Å². The Labute approximate surface area is 206 Å². The second-order valence-corrected chi connectivity index (χ2v) is 9.10. The maximum atomic E-state index is 13.1. The van der Waals surface area contributed by atoms with E-state index in [9.17, 15) is 9.90 Å². The fourth-order valence-corrected chi connectivity index (χ4v) is 4.32. The number of pyridine rings is 1. The summed E-state index contributed by atoms with van der Waals surface area (Å²) in [4.78, 5) is 21.5. The fraction of sp³-hybridized carbons (Fsp3) is 0.348. The molecule has 0 saturated heterocycles. The zero-order chi connectivity index (χ0) is 24.5. The van der Waals surface area contributed by atoms with Crippen molar-refractivity contribution in [1.29, 1.82) is 0 Å². The number of carbonyl (C=O) groups excluding carboxylic acids is 1. The third kappa shape index (κ3) is 5.05. The van der Waals surface area contributed by atoms with E-state index in [4.69, 9.17) is 11.6 Å². The molecule has 4 aromatic heterocycles. The summed E-state index contributed by atoms with van der Waals surface area (Å²) in [6.45, 7) is 1.97. The Morgan fingerprint density at radius 2 is 1.91 bits per heavy atom. The highest BCUT2D eigenvalue weighted by atomic mass is 35.5. The van der Waals surface area contributed by atoms with E-state index in [-0.39, 0.29) is 28.9 Å². The normalized spacial score (nSPS) is 17.9. The molecular formula is C23H26ClN9O2. The number of hydrogen-bond acceptors (Lipinski definition) is 8. The molecule has 1 fully saturated rings. The minimum atomic E-state index is -0.384. The summed E-state index contributed by atoms with van der Waals surface area (Å²) < 4.78 is 3.29. The van der Waals surface area contributed by atoms with Gasteiger partial charge in [-0.3, -0.25) is 9.48 Å². The monoisotopic (exact) mass is 495 g/mol. The van der Waals surface area contributed by atoms with Crippen molar-refractivity contribution >= 4 is 46.2 Å². The van der Waals surface area contributed by atoms with E-state index in [0.717, 1.165) is 31.4 Å². The minimum Gasteiger partial charge on any atom is -0.393 e. The van der Waals surface area contributed by atoms with Crippen LogP contribution in [0.1, 0.15) is 41.9 Å². The first kappa shape index (κ1) is 23.1. The van der Waals surface area contributed by atoms with Crippen molar-refractivity contribution in [3.05, 3.63) is 53.2 Å². The average Bonchev–Trinajstić information content (AvgIpc) is 3.38. The number of aliphatic hydroxyl groups excluding tert-OH is 1. The Morgan fingerprint density at radius 3 is 2.63 bits per heavy atom. The van der Waals surface area contributed by atoms with Crippen molar-refractivity contribution in [3.63, 3.8) is 0 Å². The number of fused-ring (bicyclic) bond motifs is 1. The van der Waals surface area contributed by atoms with Crippen molar-refractivity contribution < 1.29 is 9.90 Å².